The second kappa shape index (κ2) is 6.38. The van der Waals surface area contributed by atoms with Crippen LogP contribution in [0.3, 0.4) is 0 Å². The summed E-state index contributed by atoms with van der Waals surface area (Å²) in [5.74, 6) is -1.36. The molecule has 0 aliphatic heterocycles. The highest BCUT2D eigenvalue weighted by atomic mass is 16.5. The summed E-state index contributed by atoms with van der Waals surface area (Å²) in [5.41, 5.74) is -0.0231. The molecule has 0 radical (unpaired) electrons. The number of carboxylic acid groups (broad SMARTS) is 1. The van der Waals surface area contributed by atoms with Gasteiger partial charge >= 0.3 is 5.97 Å². The zero-order valence-corrected chi connectivity index (χ0v) is 10.8. The van der Waals surface area contributed by atoms with Gasteiger partial charge in [0.15, 0.2) is 12.0 Å². The van der Waals surface area contributed by atoms with E-state index >= 15 is 0 Å². The lowest BCUT2D eigenvalue weighted by Gasteiger charge is -2.07. The fraction of sp³-hybridized carbons (Fsp3) is 0.0714. The van der Waals surface area contributed by atoms with Gasteiger partial charge in [-0.1, -0.05) is 6.07 Å². The summed E-state index contributed by atoms with van der Waals surface area (Å²) in [6.07, 6.45) is 2.74. The minimum atomic E-state index is -1.10. The SMILES string of the molecule is O=C(O)COc1cccc(NC(=O)c2c[nH]ccc2=O)c1. The van der Waals surface area contributed by atoms with Crippen molar-refractivity contribution in [2.45, 2.75) is 0 Å². The summed E-state index contributed by atoms with van der Waals surface area (Å²) in [6.45, 7) is -0.476. The first-order valence-electron chi connectivity index (χ1n) is 5.99. The number of hydrogen-bond donors (Lipinski definition) is 3. The third kappa shape index (κ3) is 3.93. The highest BCUT2D eigenvalue weighted by Gasteiger charge is 2.10. The third-order valence-corrected chi connectivity index (χ3v) is 2.52. The summed E-state index contributed by atoms with van der Waals surface area (Å²) in [7, 11) is 0. The normalized spacial score (nSPS) is 9.90. The molecule has 1 amide bonds. The number of carbonyl (C=O) groups is 2. The number of H-pyrrole nitrogens is 1. The van der Waals surface area contributed by atoms with E-state index in [1.807, 2.05) is 0 Å². The van der Waals surface area contributed by atoms with Crippen molar-refractivity contribution in [3.63, 3.8) is 0 Å². The van der Waals surface area contributed by atoms with Crippen molar-refractivity contribution >= 4 is 17.6 Å². The van der Waals surface area contributed by atoms with Crippen LogP contribution in [-0.2, 0) is 4.79 Å². The summed E-state index contributed by atoms with van der Waals surface area (Å²) < 4.78 is 5.00. The van der Waals surface area contributed by atoms with E-state index in [9.17, 15) is 14.4 Å². The van der Waals surface area contributed by atoms with Crippen molar-refractivity contribution in [3.8, 4) is 5.75 Å². The molecular formula is C14H12N2O5. The van der Waals surface area contributed by atoms with Gasteiger partial charge in [-0.15, -0.1) is 0 Å². The summed E-state index contributed by atoms with van der Waals surface area (Å²) in [4.78, 5) is 36.6. The number of ether oxygens (including phenoxy) is 1. The van der Waals surface area contributed by atoms with Gasteiger partial charge < -0.3 is 20.1 Å². The molecule has 0 fully saturated rings. The number of benzene rings is 1. The van der Waals surface area contributed by atoms with Gasteiger partial charge in [-0.3, -0.25) is 9.59 Å². The molecule has 0 unspecified atom stereocenters. The molecule has 7 nitrogen and oxygen atoms in total. The second-order valence-corrected chi connectivity index (χ2v) is 4.09. The van der Waals surface area contributed by atoms with Crippen LogP contribution in [0.25, 0.3) is 0 Å². The largest absolute Gasteiger partial charge is 0.482 e. The van der Waals surface area contributed by atoms with Crippen LogP contribution in [0.2, 0.25) is 0 Å². The lowest BCUT2D eigenvalue weighted by molar-refractivity contribution is -0.139. The standard InChI is InChI=1S/C14H12N2O5/c17-12-4-5-15-7-11(12)14(20)16-9-2-1-3-10(6-9)21-8-13(18)19/h1-7H,8H2,(H,15,17)(H,16,20)(H,18,19). The molecule has 1 aromatic carbocycles. The molecule has 2 aromatic rings. The van der Waals surface area contributed by atoms with Crippen molar-refractivity contribution in [3.05, 3.63) is 58.5 Å². The lowest BCUT2D eigenvalue weighted by atomic mass is 10.2. The molecule has 0 aliphatic rings. The number of aliphatic carboxylic acids is 1. The molecule has 2 rings (SSSR count). The van der Waals surface area contributed by atoms with E-state index in [4.69, 9.17) is 9.84 Å². The summed E-state index contributed by atoms with van der Waals surface area (Å²) in [5, 5.41) is 11.1. The fourth-order valence-electron chi connectivity index (χ4n) is 1.60. The van der Waals surface area contributed by atoms with E-state index in [1.54, 1.807) is 18.2 Å². The van der Waals surface area contributed by atoms with Crippen molar-refractivity contribution in [1.29, 1.82) is 0 Å². The Morgan fingerprint density at radius 3 is 2.81 bits per heavy atom. The molecule has 108 valence electrons. The van der Waals surface area contributed by atoms with E-state index in [-0.39, 0.29) is 5.56 Å². The van der Waals surface area contributed by atoms with E-state index in [0.29, 0.717) is 11.4 Å². The van der Waals surface area contributed by atoms with Gasteiger partial charge in [0.2, 0.25) is 0 Å². The second-order valence-electron chi connectivity index (χ2n) is 4.09. The van der Waals surface area contributed by atoms with Gasteiger partial charge in [-0.25, -0.2) is 4.79 Å². The molecule has 3 N–H and O–H groups in total. The molecular weight excluding hydrogens is 276 g/mol. The van der Waals surface area contributed by atoms with E-state index < -0.39 is 23.9 Å². The number of amides is 1. The van der Waals surface area contributed by atoms with Gasteiger partial charge in [0.05, 0.1) is 0 Å². The maximum atomic E-state index is 11.9. The maximum Gasteiger partial charge on any atom is 0.341 e. The Balaban J connectivity index is 2.11. The van der Waals surface area contributed by atoms with Crippen LogP contribution in [-0.4, -0.2) is 28.6 Å². The molecule has 0 aliphatic carbocycles. The molecule has 21 heavy (non-hydrogen) atoms. The molecule has 1 aromatic heterocycles. The predicted octanol–water partition coefficient (Wildman–Crippen LogP) is 1.09. The highest BCUT2D eigenvalue weighted by molar-refractivity contribution is 6.04. The molecule has 0 spiro atoms. The van der Waals surface area contributed by atoms with Crippen molar-refractivity contribution < 1.29 is 19.4 Å². The van der Waals surface area contributed by atoms with Crippen molar-refractivity contribution in [2.75, 3.05) is 11.9 Å². The van der Waals surface area contributed by atoms with Crippen LogP contribution in [0, 0.1) is 0 Å². The van der Waals surface area contributed by atoms with Crippen LogP contribution >= 0.6 is 0 Å². The maximum absolute atomic E-state index is 11.9. The number of carboxylic acids is 1. The van der Waals surface area contributed by atoms with Crippen LogP contribution in [0.1, 0.15) is 10.4 Å². The van der Waals surface area contributed by atoms with E-state index in [1.165, 1.54) is 24.5 Å². The Kier molecular flexibility index (Phi) is 4.35. The van der Waals surface area contributed by atoms with Crippen molar-refractivity contribution in [2.24, 2.45) is 0 Å². The number of rotatable bonds is 5. The Labute approximate surface area is 119 Å². The Bertz CT molecular complexity index is 723. The third-order valence-electron chi connectivity index (χ3n) is 2.52. The molecule has 0 bridgehead atoms. The van der Waals surface area contributed by atoms with Gasteiger partial charge in [-0.2, -0.15) is 0 Å². The number of aromatic amines is 1. The summed E-state index contributed by atoms with van der Waals surface area (Å²) in [6, 6.07) is 7.48. The molecule has 1 heterocycles. The zero-order valence-electron chi connectivity index (χ0n) is 10.8. The van der Waals surface area contributed by atoms with Gasteiger partial charge in [0.1, 0.15) is 11.3 Å². The molecule has 0 saturated heterocycles. The molecule has 0 saturated carbocycles. The first-order valence-corrected chi connectivity index (χ1v) is 5.99. The highest BCUT2D eigenvalue weighted by Crippen LogP contribution is 2.17. The van der Waals surface area contributed by atoms with Gasteiger partial charge in [-0.05, 0) is 12.1 Å². The first kappa shape index (κ1) is 14.3. The van der Waals surface area contributed by atoms with Crippen LogP contribution < -0.4 is 15.5 Å². The number of pyridine rings is 1. The average Bonchev–Trinajstić information content (AvgIpc) is 2.46. The first-order chi connectivity index (χ1) is 10.1. The van der Waals surface area contributed by atoms with Crippen molar-refractivity contribution in [1.82, 2.24) is 4.98 Å². The minimum absolute atomic E-state index is 0.0191. The Hall–Kier alpha value is -3.09. The number of nitrogens with one attached hydrogen (secondary N) is 2. The Morgan fingerprint density at radius 2 is 2.10 bits per heavy atom. The topological polar surface area (TPSA) is 108 Å². The quantitative estimate of drug-likeness (QED) is 0.763. The Morgan fingerprint density at radius 1 is 1.29 bits per heavy atom. The predicted molar refractivity (Wildman–Crippen MR) is 74.6 cm³/mol. The zero-order chi connectivity index (χ0) is 15.2. The fourth-order valence-corrected chi connectivity index (χ4v) is 1.60. The number of aromatic nitrogens is 1. The van der Waals surface area contributed by atoms with Gasteiger partial charge in [0, 0.05) is 30.2 Å². The van der Waals surface area contributed by atoms with Gasteiger partial charge in [0.25, 0.3) is 5.91 Å². The van der Waals surface area contributed by atoms with Crippen LogP contribution in [0.5, 0.6) is 5.75 Å². The number of hydrogen-bond acceptors (Lipinski definition) is 4. The van der Waals surface area contributed by atoms with E-state index in [2.05, 4.69) is 10.3 Å². The lowest BCUT2D eigenvalue weighted by Crippen LogP contribution is -2.20. The number of carbonyl (C=O) groups excluding carboxylic acids is 1. The number of anilines is 1. The smallest absolute Gasteiger partial charge is 0.341 e. The monoisotopic (exact) mass is 288 g/mol. The van der Waals surface area contributed by atoms with Crippen LogP contribution in [0.4, 0.5) is 5.69 Å². The summed E-state index contributed by atoms with van der Waals surface area (Å²) >= 11 is 0. The van der Waals surface area contributed by atoms with Crippen LogP contribution in [0.15, 0.2) is 47.5 Å². The average molecular weight is 288 g/mol. The molecule has 7 heteroatoms. The van der Waals surface area contributed by atoms with E-state index in [0.717, 1.165) is 0 Å². The minimum Gasteiger partial charge on any atom is -0.482 e. The molecule has 0 atom stereocenters.